The van der Waals surface area contributed by atoms with Gasteiger partial charge in [-0.3, -0.25) is 23.9 Å². The number of amides is 1. The third-order valence-corrected chi connectivity index (χ3v) is 3.99. The van der Waals surface area contributed by atoms with E-state index in [2.05, 4.69) is 4.98 Å². The van der Waals surface area contributed by atoms with Gasteiger partial charge < -0.3 is 15.1 Å². The minimum atomic E-state index is -1.38. The summed E-state index contributed by atoms with van der Waals surface area (Å²) in [7, 11) is 0. The highest BCUT2D eigenvalue weighted by Gasteiger charge is 2.40. The molecule has 0 bridgehead atoms. The molecule has 9 nitrogen and oxygen atoms in total. The van der Waals surface area contributed by atoms with Gasteiger partial charge in [-0.05, 0) is 13.3 Å². The number of aromatic nitrogens is 2. The number of carbonyl (C=O) groups excluding carboxylic acids is 1. The summed E-state index contributed by atoms with van der Waals surface area (Å²) in [6.07, 6.45) is 1.24. The Bertz CT molecular complexity index is 720. The lowest BCUT2D eigenvalue weighted by molar-refractivity contribution is -0.145. The third kappa shape index (κ3) is 3.86. The number of carboxylic acids is 1. The average Bonchev–Trinajstić information content (AvgIpc) is 2.44. The van der Waals surface area contributed by atoms with Crippen molar-refractivity contribution in [3.8, 4) is 0 Å². The van der Waals surface area contributed by atoms with Crippen LogP contribution in [0, 0.1) is 0 Å². The van der Waals surface area contributed by atoms with Crippen molar-refractivity contribution in [2.45, 2.75) is 37.8 Å². The van der Waals surface area contributed by atoms with Gasteiger partial charge >= 0.3 is 11.7 Å². The van der Waals surface area contributed by atoms with Crippen LogP contribution in [-0.4, -0.2) is 55.2 Å². The van der Waals surface area contributed by atoms with Crippen LogP contribution in [0.2, 0.25) is 0 Å². The molecular weight excluding hydrogens is 306 g/mol. The van der Waals surface area contributed by atoms with Gasteiger partial charge in [-0.1, -0.05) is 0 Å². The lowest BCUT2D eigenvalue weighted by atomic mass is 9.88. The Hall–Kier alpha value is -2.42. The number of rotatable bonds is 4. The fourth-order valence-electron chi connectivity index (χ4n) is 2.86. The summed E-state index contributed by atoms with van der Waals surface area (Å²) < 4.78 is 1.25. The van der Waals surface area contributed by atoms with Crippen LogP contribution in [0.25, 0.3) is 0 Å². The predicted molar refractivity (Wildman–Crippen MR) is 79.1 cm³/mol. The van der Waals surface area contributed by atoms with E-state index >= 15 is 0 Å². The van der Waals surface area contributed by atoms with Crippen molar-refractivity contribution in [2.75, 3.05) is 13.1 Å². The molecule has 2 atom stereocenters. The van der Waals surface area contributed by atoms with Crippen LogP contribution < -0.4 is 11.2 Å². The van der Waals surface area contributed by atoms with Gasteiger partial charge in [0.1, 0.15) is 5.60 Å². The van der Waals surface area contributed by atoms with Gasteiger partial charge in [0, 0.05) is 25.2 Å². The molecular formula is C14H19N3O6. The largest absolute Gasteiger partial charge is 0.481 e. The molecule has 9 heteroatoms. The van der Waals surface area contributed by atoms with Gasteiger partial charge in [-0.15, -0.1) is 0 Å². The number of piperidine rings is 1. The van der Waals surface area contributed by atoms with Gasteiger partial charge in [0.15, 0.2) is 0 Å². The molecule has 0 spiro atoms. The van der Waals surface area contributed by atoms with Crippen LogP contribution in [0.4, 0.5) is 0 Å². The number of H-pyrrole nitrogens is 1. The first kappa shape index (κ1) is 16.9. The highest BCUT2D eigenvalue weighted by atomic mass is 16.4. The zero-order chi connectivity index (χ0) is 17.2. The number of carbonyl (C=O) groups is 2. The highest BCUT2D eigenvalue weighted by Crippen LogP contribution is 2.30. The molecule has 0 radical (unpaired) electrons. The first-order valence-corrected chi connectivity index (χ1v) is 7.24. The van der Waals surface area contributed by atoms with Crippen molar-refractivity contribution < 1.29 is 19.8 Å². The number of carboxylic acid groups (broad SMARTS) is 1. The number of hydrogen-bond donors (Lipinski definition) is 3. The number of hydrogen-bond acceptors (Lipinski definition) is 5. The molecule has 1 aliphatic rings. The summed E-state index contributed by atoms with van der Waals surface area (Å²) in [6.45, 7) is 1.79. The summed E-state index contributed by atoms with van der Waals surface area (Å²) in [6, 6.07) is 0.609. The standard InChI is InChI=1S/C14H19N3O6/c1-14(23)8-16(11(19)2-3-12(20)21)6-4-9(14)17-7-5-10(18)15-13(17)22/h5,7,9,23H,2-4,6,8H2,1H3,(H,20,21)(H,15,18,22)/t9-,14-/m0/s1. The van der Waals surface area contributed by atoms with Crippen LogP contribution in [0.3, 0.4) is 0 Å². The normalized spacial score (nSPS) is 24.4. The monoisotopic (exact) mass is 325 g/mol. The number of aliphatic hydroxyl groups is 1. The van der Waals surface area contributed by atoms with Crippen molar-refractivity contribution in [1.82, 2.24) is 14.5 Å². The van der Waals surface area contributed by atoms with Crippen molar-refractivity contribution in [1.29, 1.82) is 0 Å². The first-order valence-electron chi connectivity index (χ1n) is 7.24. The van der Waals surface area contributed by atoms with E-state index in [0.29, 0.717) is 13.0 Å². The Morgan fingerprint density at radius 2 is 2.09 bits per heavy atom. The van der Waals surface area contributed by atoms with Crippen LogP contribution >= 0.6 is 0 Å². The smallest absolute Gasteiger partial charge is 0.328 e. The summed E-state index contributed by atoms with van der Waals surface area (Å²) in [5.74, 6) is -1.40. The fraction of sp³-hybridized carbons (Fsp3) is 0.571. The Kier molecular flexibility index (Phi) is 4.69. The number of nitrogens with zero attached hydrogens (tertiary/aromatic N) is 2. The van der Waals surface area contributed by atoms with E-state index in [1.807, 2.05) is 0 Å². The maximum absolute atomic E-state index is 12.0. The second-order valence-corrected chi connectivity index (χ2v) is 5.89. The molecule has 3 N–H and O–H groups in total. The van der Waals surface area contributed by atoms with Gasteiger partial charge in [0.2, 0.25) is 5.91 Å². The summed E-state index contributed by atoms with van der Waals surface area (Å²) >= 11 is 0. The van der Waals surface area contributed by atoms with Crippen molar-refractivity contribution >= 4 is 11.9 Å². The first-order chi connectivity index (χ1) is 10.7. The third-order valence-electron chi connectivity index (χ3n) is 3.99. The van der Waals surface area contributed by atoms with Crippen LogP contribution in [-0.2, 0) is 9.59 Å². The highest BCUT2D eigenvalue weighted by molar-refractivity contribution is 5.80. The molecule has 0 unspecified atom stereocenters. The predicted octanol–water partition coefficient (Wildman–Crippen LogP) is -1.07. The van der Waals surface area contributed by atoms with Gasteiger partial charge in [0.25, 0.3) is 5.56 Å². The molecule has 23 heavy (non-hydrogen) atoms. The van der Waals surface area contributed by atoms with E-state index in [1.54, 1.807) is 0 Å². The molecule has 1 saturated heterocycles. The van der Waals surface area contributed by atoms with Crippen molar-refractivity contribution in [2.24, 2.45) is 0 Å². The zero-order valence-electron chi connectivity index (χ0n) is 12.7. The molecule has 1 fully saturated rings. The van der Waals surface area contributed by atoms with Crippen molar-refractivity contribution in [3.63, 3.8) is 0 Å². The van der Waals surface area contributed by atoms with E-state index in [4.69, 9.17) is 5.11 Å². The minimum absolute atomic E-state index is 0.0122. The van der Waals surface area contributed by atoms with E-state index in [0.717, 1.165) is 0 Å². The van der Waals surface area contributed by atoms with Crippen LogP contribution in [0.5, 0.6) is 0 Å². The molecule has 0 saturated carbocycles. The maximum atomic E-state index is 12.0. The number of nitrogens with one attached hydrogen (secondary N) is 1. The van der Waals surface area contributed by atoms with Gasteiger partial charge in [-0.25, -0.2) is 4.79 Å². The Labute approximate surface area is 131 Å². The number of β-amino-alcohol motifs (C(OH)–C–C–N with tert-alkyl or cyclic N) is 1. The molecule has 1 amide bonds. The van der Waals surface area contributed by atoms with Gasteiger partial charge in [-0.2, -0.15) is 0 Å². The molecule has 0 aromatic carbocycles. The van der Waals surface area contributed by atoms with Gasteiger partial charge in [0.05, 0.1) is 19.0 Å². The minimum Gasteiger partial charge on any atom is -0.481 e. The number of aromatic amines is 1. The lowest BCUT2D eigenvalue weighted by Gasteiger charge is -2.43. The lowest BCUT2D eigenvalue weighted by Crippen LogP contribution is -2.56. The number of likely N-dealkylation sites (tertiary alicyclic amines) is 1. The number of aliphatic carboxylic acids is 1. The molecule has 2 heterocycles. The quantitative estimate of drug-likeness (QED) is 0.645. The van der Waals surface area contributed by atoms with E-state index in [1.165, 1.54) is 28.7 Å². The fourth-order valence-corrected chi connectivity index (χ4v) is 2.86. The molecule has 1 aromatic rings. The Balaban J connectivity index is 2.14. The molecule has 126 valence electrons. The maximum Gasteiger partial charge on any atom is 0.328 e. The second kappa shape index (κ2) is 6.37. The topological polar surface area (TPSA) is 133 Å². The molecule has 1 aromatic heterocycles. The van der Waals surface area contributed by atoms with E-state index in [-0.39, 0.29) is 25.3 Å². The summed E-state index contributed by atoms with van der Waals surface area (Å²) in [5, 5.41) is 19.2. The second-order valence-electron chi connectivity index (χ2n) is 5.89. The Morgan fingerprint density at radius 3 is 2.65 bits per heavy atom. The van der Waals surface area contributed by atoms with Crippen molar-refractivity contribution in [3.05, 3.63) is 33.1 Å². The van der Waals surface area contributed by atoms with E-state index in [9.17, 15) is 24.3 Å². The summed E-state index contributed by atoms with van der Waals surface area (Å²) in [5.41, 5.74) is -2.51. The molecule has 2 rings (SSSR count). The summed E-state index contributed by atoms with van der Waals surface area (Å²) in [4.78, 5) is 49.0. The van der Waals surface area contributed by atoms with E-state index < -0.39 is 28.9 Å². The van der Waals surface area contributed by atoms with Crippen LogP contribution in [0.1, 0.15) is 32.2 Å². The molecule has 1 aliphatic heterocycles. The molecule has 0 aliphatic carbocycles. The van der Waals surface area contributed by atoms with Crippen LogP contribution in [0.15, 0.2) is 21.9 Å². The SMILES string of the molecule is C[C@]1(O)CN(C(=O)CCC(=O)O)CC[C@@H]1n1ccc(=O)[nH]c1=O. The zero-order valence-corrected chi connectivity index (χ0v) is 12.7. The Morgan fingerprint density at radius 1 is 1.39 bits per heavy atom. The average molecular weight is 325 g/mol.